The molecule has 1 aromatic rings. The molecule has 3 heteroatoms. The molecule has 15 heavy (non-hydrogen) atoms. The lowest BCUT2D eigenvalue weighted by Crippen LogP contribution is -1.99. The number of rotatable bonds is 1. The van der Waals surface area contributed by atoms with Crippen LogP contribution in [0.4, 0.5) is 5.69 Å². The van der Waals surface area contributed by atoms with Gasteiger partial charge in [-0.05, 0) is 24.6 Å². The molecule has 0 aliphatic carbocycles. The van der Waals surface area contributed by atoms with Crippen LogP contribution in [0.5, 0.6) is 0 Å². The Labute approximate surface area is 88.5 Å². The van der Waals surface area contributed by atoms with Gasteiger partial charge in [0, 0.05) is 17.7 Å². The SMILES string of the molecule is CC1C/C(=C\c2ccccc2N)C(=O)O1. The van der Waals surface area contributed by atoms with Gasteiger partial charge >= 0.3 is 5.97 Å². The van der Waals surface area contributed by atoms with Crippen molar-refractivity contribution in [1.82, 2.24) is 0 Å². The van der Waals surface area contributed by atoms with Gasteiger partial charge in [-0.2, -0.15) is 0 Å². The molecule has 1 aromatic carbocycles. The summed E-state index contributed by atoms with van der Waals surface area (Å²) >= 11 is 0. The molecular weight excluding hydrogens is 190 g/mol. The average Bonchev–Trinajstić information content (AvgIpc) is 2.49. The van der Waals surface area contributed by atoms with Gasteiger partial charge in [0.25, 0.3) is 0 Å². The number of cyclic esters (lactones) is 1. The maximum Gasteiger partial charge on any atom is 0.334 e. The second kappa shape index (κ2) is 3.77. The first-order chi connectivity index (χ1) is 7.16. The summed E-state index contributed by atoms with van der Waals surface area (Å²) in [5.74, 6) is -0.231. The second-order valence-corrected chi connectivity index (χ2v) is 3.72. The maximum atomic E-state index is 11.4. The molecule has 1 aliphatic heterocycles. The van der Waals surface area contributed by atoms with E-state index >= 15 is 0 Å². The number of anilines is 1. The number of carbonyl (C=O) groups is 1. The van der Waals surface area contributed by atoms with Crippen molar-refractivity contribution in [2.45, 2.75) is 19.4 Å². The molecule has 1 unspecified atom stereocenters. The van der Waals surface area contributed by atoms with Crippen LogP contribution in [0.2, 0.25) is 0 Å². The first kappa shape index (κ1) is 9.77. The van der Waals surface area contributed by atoms with Crippen molar-refractivity contribution in [3.63, 3.8) is 0 Å². The van der Waals surface area contributed by atoms with Gasteiger partial charge in [0.05, 0.1) is 0 Å². The summed E-state index contributed by atoms with van der Waals surface area (Å²) in [6.07, 6.45) is 2.45. The highest BCUT2D eigenvalue weighted by Gasteiger charge is 2.25. The molecule has 0 radical (unpaired) electrons. The number of para-hydroxylation sites is 1. The number of hydrogen-bond donors (Lipinski definition) is 1. The normalized spacial score (nSPS) is 23.1. The van der Waals surface area contributed by atoms with Crippen molar-refractivity contribution in [3.05, 3.63) is 35.4 Å². The van der Waals surface area contributed by atoms with E-state index in [1.165, 1.54) is 0 Å². The van der Waals surface area contributed by atoms with Crippen LogP contribution < -0.4 is 5.73 Å². The third kappa shape index (κ3) is 2.01. The average molecular weight is 203 g/mol. The predicted octanol–water partition coefficient (Wildman–Crippen LogP) is 1.99. The summed E-state index contributed by atoms with van der Waals surface area (Å²) < 4.78 is 5.04. The Morgan fingerprint density at radius 3 is 2.80 bits per heavy atom. The molecule has 2 N–H and O–H groups in total. The van der Waals surface area contributed by atoms with Crippen molar-refractivity contribution in [1.29, 1.82) is 0 Å². The van der Waals surface area contributed by atoms with E-state index in [1.54, 1.807) is 6.08 Å². The van der Waals surface area contributed by atoms with E-state index in [2.05, 4.69) is 0 Å². The Kier molecular flexibility index (Phi) is 2.46. The second-order valence-electron chi connectivity index (χ2n) is 3.72. The molecule has 0 saturated carbocycles. The lowest BCUT2D eigenvalue weighted by molar-refractivity contribution is -0.138. The fourth-order valence-electron chi connectivity index (χ4n) is 1.64. The molecule has 1 aliphatic rings. The summed E-state index contributed by atoms with van der Waals surface area (Å²) in [6.45, 7) is 1.88. The number of esters is 1. The summed E-state index contributed by atoms with van der Waals surface area (Å²) in [5.41, 5.74) is 8.03. The topological polar surface area (TPSA) is 52.3 Å². The number of carbonyl (C=O) groups excluding carboxylic acids is 1. The van der Waals surface area contributed by atoms with Gasteiger partial charge in [-0.3, -0.25) is 0 Å². The Morgan fingerprint density at radius 2 is 2.20 bits per heavy atom. The van der Waals surface area contributed by atoms with Crippen LogP contribution in [0, 0.1) is 0 Å². The minimum Gasteiger partial charge on any atom is -0.459 e. The zero-order valence-electron chi connectivity index (χ0n) is 8.57. The van der Waals surface area contributed by atoms with Crippen molar-refractivity contribution in [2.24, 2.45) is 0 Å². The highest BCUT2D eigenvalue weighted by molar-refractivity contribution is 5.96. The third-order valence-electron chi connectivity index (χ3n) is 2.40. The number of benzene rings is 1. The van der Waals surface area contributed by atoms with Gasteiger partial charge < -0.3 is 10.5 Å². The quantitative estimate of drug-likeness (QED) is 0.431. The Bertz CT molecular complexity index is 423. The van der Waals surface area contributed by atoms with Gasteiger partial charge in [0.15, 0.2) is 0 Å². The van der Waals surface area contributed by atoms with Gasteiger partial charge in [0.1, 0.15) is 6.10 Å². The summed E-state index contributed by atoms with van der Waals surface area (Å²) in [7, 11) is 0. The molecule has 1 atom stereocenters. The van der Waals surface area contributed by atoms with Crippen LogP contribution >= 0.6 is 0 Å². The zero-order chi connectivity index (χ0) is 10.8. The maximum absolute atomic E-state index is 11.4. The predicted molar refractivity (Wildman–Crippen MR) is 59.0 cm³/mol. The minimum absolute atomic E-state index is 0.0197. The summed E-state index contributed by atoms with van der Waals surface area (Å²) in [5, 5.41) is 0. The smallest absolute Gasteiger partial charge is 0.334 e. The van der Waals surface area contributed by atoms with E-state index in [4.69, 9.17) is 10.5 Å². The number of nitrogens with two attached hydrogens (primary N) is 1. The van der Waals surface area contributed by atoms with Crippen LogP contribution in [-0.2, 0) is 9.53 Å². The largest absolute Gasteiger partial charge is 0.459 e. The molecule has 0 aromatic heterocycles. The fraction of sp³-hybridized carbons (Fsp3) is 0.250. The number of nitrogen functional groups attached to an aromatic ring is 1. The first-order valence-electron chi connectivity index (χ1n) is 4.93. The van der Waals surface area contributed by atoms with E-state index in [1.807, 2.05) is 31.2 Å². The Morgan fingerprint density at radius 1 is 1.47 bits per heavy atom. The van der Waals surface area contributed by atoms with Crippen LogP contribution in [0.3, 0.4) is 0 Å². The van der Waals surface area contributed by atoms with E-state index in [9.17, 15) is 4.79 Å². The molecule has 1 heterocycles. The molecule has 0 bridgehead atoms. The van der Waals surface area contributed by atoms with E-state index in [0.29, 0.717) is 17.7 Å². The van der Waals surface area contributed by atoms with Gasteiger partial charge in [-0.25, -0.2) is 4.79 Å². The van der Waals surface area contributed by atoms with Crippen LogP contribution in [0.25, 0.3) is 6.08 Å². The molecule has 78 valence electrons. The molecule has 2 rings (SSSR count). The first-order valence-corrected chi connectivity index (χ1v) is 4.93. The van der Waals surface area contributed by atoms with Gasteiger partial charge in [0.2, 0.25) is 0 Å². The zero-order valence-corrected chi connectivity index (χ0v) is 8.57. The summed E-state index contributed by atoms with van der Waals surface area (Å²) in [4.78, 5) is 11.4. The Hall–Kier alpha value is -1.77. The molecule has 0 amide bonds. The lowest BCUT2D eigenvalue weighted by Gasteiger charge is -1.99. The lowest BCUT2D eigenvalue weighted by atomic mass is 10.1. The number of ether oxygens (including phenoxy) is 1. The van der Waals surface area contributed by atoms with Crippen LogP contribution in [0.1, 0.15) is 18.9 Å². The summed E-state index contributed by atoms with van der Waals surface area (Å²) in [6, 6.07) is 7.47. The van der Waals surface area contributed by atoms with Crippen LogP contribution in [0.15, 0.2) is 29.8 Å². The standard InChI is InChI=1S/C12H13NO2/c1-8-6-10(12(14)15-8)7-9-4-2-3-5-11(9)13/h2-5,7-8H,6,13H2,1H3/b10-7+. The highest BCUT2D eigenvalue weighted by Crippen LogP contribution is 2.24. The van der Waals surface area contributed by atoms with Crippen molar-refractivity contribution in [3.8, 4) is 0 Å². The minimum atomic E-state index is -0.231. The molecule has 1 saturated heterocycles. The Balaban J connectivity index is 2.31. The number of hydrogen-bond acceptors (Lipinski definition) is 3. The molecule has 3 nitrogen and oxygen atoms in total. The molecule has 1 fully saturated rings. The van der Waals surface area contributed by atoms with E-state index < -0.39 is 0 Å². The molecular formula is C12H13NO2. The highest BCUT2D eigenvalue weighted by atomic mass is 16.5. The van der Waals surface area contributed by atoms with Crippen molar-refractivity contribution < 1.29 is 9.53 Å². The fourth-order valence-corrected chi connectivity index (χ4v) is 1.64. The van der Waals surface area contributed by atoms with Gasteiger partial charge in [-0.1, -0.05) is 18.2 Å². The third-order valence-corrected chi connectivity index (χ3v) is 2.40. The van der Waals surface area contributed by atoms with Crippen molar-refractivity contribution >= 4 is 17.7 Å². The van der Waals surface area contributed by atoms with E-state index in [-0.39, 0.29) is 12.1 Å². The monoisotopic (exact) mass is 203 g/mol. The van der Waals surface area contributed by atoms with E-state index in [0.717, 1.165) is 5.56 Å². The van der Waals surface area contributed by atoms with Crippen LogP contribution in [-0.4, -0.2) is 12.1 Å². The van der Waals surface area contributed by atoms with Crippen molar-refractivity contribution in [2.75, 3.05) is 5.73 Å². The van der Waals surface area contributed by atoms with Gasteiger partial charge in [-0.15, -0.1) is 0 Å². The molecule has 0 spiro atoms.